The number of rotatable bonds is 11. The average Bonchev–Trinajstić information content (AvgIpc) is 3.35. The number of imidazole rings is 1. The number of unbranched alkanes of at least 4 members (excludes halogenated alkanes) is 1. The lowest BCUT2D eigenvalue weighted by molar-refractivity contribution is 0.00702. The van der Waals surface area contributed by atoms with Gasteiger partial charge in [0.2, 0.25) is 0 Å². The van der Waals surface area contributed by atoms with E-state index < -0.39 is 15.4 Å². The number of fused-ring (bicyclic) bond motifs is 1. The van der Waals surface area contributed by atoms with Crippen LogP contribution in [0, 0.1) is 0 Å². The second kappa shape index (κ2) is 13.1. The van der Waals surface area contributed by atoms with Crippen molar-refractivity contribution in [1.82, 2.24) is 9.55 Å². The monoisotopic (exact) mass is 609 g/mol. The molecule has 0 unspecified atom stereocenters. The molecule has 7 nitrogen and oxygen atoms in total. The van der Waals surface area contributed by atoms with Crippen LogP contribution in [0.4, 0.5) is 5.69 Å². The van der Waals surface area contributed by atoms with E-state index in [1.165, 1.54) is 0 Å². The van der Waals surface area contributed by atoms with Crippen LogP contribution in [0.3, 0.4) is 0 Å². The van der Waals surface area contributed by atoms with Crippen molar-refractivity contribution in [2.24, 2.45) is 0 Å². The van der Waals surface area contributed by atoms with Crippen LogP contribution in [0.15, 0.2) is 102 Å². The molecule has 44 heavy (non-hydrogen) atoms. The molecule has 8 heteroatoms. The number of carbonyl (C=O) groups excluding carboxylic acids is 1. The highest BCUT2D eigenvalue weighted by atomic mass is 32.2. The zero-order chi connectivity index (χ0) is 31.3. The molecule has 0 aliphatic carbocycles. The predicted octanol–water partition coefficient (Wildman–Crippen LogP) is 7.89. The van der Waals surface area contributed by atoms with Gasteiger partial charge >= 0.3 is 5.97 Å². The predicted molar refractivity (Wildman–Crippen MR) is 177 cm³/mol. The van der Waals surface area contributed by atoms with Gasteiger partial charge in [-0.1, -0.05) is 74.0 Å². The van der Waals surface area contributed by atoms with E-state index >= 15 is 0 Å². The summed E-state index contributed by atoms with van der Waals surface area (Å²) in [6.07, 6.45) is 2.82. The summed E-state index contributed by atoms with van der Waals surface area (Å²) >= 11 is 0. The molecule has 1 heterocycles. The molecule has 4 aromatic carbocycles. The second-order valence-corrected chi connectivity index (χ2v) is 13.9. The summed E-state index contributed by atoms with van der Waals surface area (Å²) in [7, 11) is -3.51. The van der Waals surface area contributed by atoms with Crippen molar-refractivity contribution in [3.63, 3.8) is 0 Å². The molecular formula is C36H39N3O4S. The van der Waals surface area contributed by atoms with Crippen molar-refractivity contribution < 1.29 is 17.9 Å². The Labute approximate surface area is 259 Å². The fourth-order valence-electron chi connectivity index (χ4n) is 5.12. The Morgan fingerprint density at radius 3 is 2.30 bits per heavy atom. The Kier molecular flexibility index (Phi) is 9.20. The van der Waals surface area contributed by atoms with Crippen molar-refractivity contribution in [2.75, 3.05) is 11.2 Å². The number of anilines is 1. The number of carbonyl (C=O) groups is 1. The van der Waals surface area contributed by atoms with E-state index in [0.29, 0.717) is 17.8 Å². The van der Waals surface area contributed by atoms with Gasteiger partial charge < -0.3 is 14.6 Å². The zero-order valence-electron chi connectivity index (χ0n) is 25.7. The van der Waals surface area contributed by atoms with Crippen molar-refractivity contribution in [3.05, 3.63) is 114 Å². The molecule has 0 saturated carbocycles. The zero-order valence-corrected chi connectivity index (χ0v) is 26.5. The first-order chi connectivity index (χ1) is 21.0. The van der Waals surface area contributed by atoms with Gasteiger partial charge in [0.25, 0.3) is 0 Å². The molecule has 5 aromatic rings. The second-order valence-electron chi connectivity index (χ2n) is 11.9. The molecule has 0 bridgehead atoms. The molecule has 1 N–H and O–H groups in total. The summed E-state index contributed by atoms with van der Waals surface area (Å²) in [5.74, 6) is 0.354. The first kappa shape index (κ1) is 31.0. The maximum atomic E-state index is 13.4. The smallest absolute Gasteiger partial charge is 0.339 e. The van der Waals surface area contributed by atoms with E-state index in [4.69, 9.17) is 9.72 Å². The highest BCUT2D eigenvalue weighted by molar-refractivity contribution is 7.91. The Bertz CT molecular complexity index is 1860. The molecular weight excluding hydrogens is 570 g/mol. The molecule has 0 saturated heterocycles. The van der Waals surface area contributed by atoms with Gasteiger partial charge in [-0.3, -0.25) is 0 Å². The summed E-state index contributed by atoms with van der Waals surface area (Å²) in [6.45, 7) is 8.24. The number of benzene rings is 4. The standard InChI is InChI=1S/C36H39N3O4S/c1-5-6-17-34-38-32-21-19-28(37-25-44(41,42)29-15-11-8-12-16-29)23-33(32)39(34)24-26-18-20-30(27-13-9-7-10-14-27)31(22-26)35(40)43-36(2,3)4/h7-16,18-23,37H,5-6,17,24-25H2,1-4H3. The minimum atomic E-state index is -3.51. The molecule has 0 spiro atoms. The Morgan fingerprint density at radius 2 is 1.61 bits per heavy atom. The van der Waals surface area contributed by atoms with Gasteiger partial charge in [-0.25, -0.2) is 18.2 Å². The molecule has 0 fully saturated rings. The summed E-state index contributed by atoms with van der Waals surface area (Å²) in [5, 5.41) is 3.10. The number of aryl methyl sites for hydroxylation is 1. The quantitative estimate of drug-likeness (QED) is 0.153. The lowest BCUT2D eigenvalue weighted by Crippen LogP contribution is -2.24. The SMILES string of the molecule is CCCCc1nc2ccc(NCS(=O)(=O)c3ccccc3)cc2n1Cc1ccc(-c2ccccc2)c(C(=O)OC(C)(C)C)c1. The van der Waals surface area contributed by atoms with E-state index in [0.717, 1.165) is 52.8 Å². The van der Waals surface area contributed by atoms with Gasteiger partial charge in [0.15, 0.2) is 9.84 Å². The maximum absolute atomic E-state index is 13.4. The van der Waals surface area contributed by atoms with Crippen molar-refractivity contribution in [2.45, 2.75) is 64.0 Å². The van der Waals surface area contributed by atoms with Crippen LogP contribution in [0.5, 0.6) is 0 Å². The van der Waals surface area contributed by atoms with E-state index in [1.807, 2.05) is 87.5 Å². The number of hydrogen-bond acceptors (Lipinski definition) is 6. The van der Waals surface area contributed by atoms with Gasteiger partial charge in [0, 0.05) is 18.7 Å². The number of hydrogen-bond donors (Lipinski definition) is 1. The fraction of sp³-hybridized carbons (Fsp3) is 0.278. The number of sulfone groups is 1. The van der Waals surface area contributed by atoms with Crippen LogP contribution in [0.25, 0.3) is 22.2 Å². The first-order valence-electron chi connectivity index (χ1n) is 15.0. The lowest BCUT2D eigenvalue weighted by atomic mass is 9.97. The van der Waals surface area contributed by atoms with Crippen molar-refractivity contribution in [3.8, 4) is 11.1 Å². The van der Waals surface area contributed by atoms with Crippen LogP contribution in [-0.4, -0.2) is 35.4 Å². The van der Waals surface area contributed by atoms with Gasteiger partial charge in [-0.15, -0.1) is 0 Å². The number of aromatic nitrogens is 2. The highest BCUT2D eigenvalue weighted by Gasteiger charge is 2.22. The van der Waals surface area contributed by atoms with Crippen LogP contribution in [0.2, 0.25) is 0 Å². The number of nitrogens with zero attached hydrogens (tertiary/aromatic N) is 2. The molecule has 1 aromatic heterocycles. The largest absolute Gasteiger partial charge is 0.456 e. The summed E-state index contributed by atoms with van der Waals surface area (Å²) < 4.78 is 33.7. The van der Waals surface area contributed by atoms with Crippen LogP contribution in [-0.2, 0) is 27.5 Å². The normalized spacial score (nSPS) is 11.9. The Morgan fingerprint density at radius 1 is 0.909 bits per heavy atom. The summed E-state index contributed by atoms with van der Waals surface area (Å²) in [6, 6.07) is 29.9. The van der Waals surface area contributed by atoms with Gasteiger partial charge in [-0.2, -0.15) is 0 Å². The molecule has 0 aliphatic rings. The molecule has 0 amide bonds. The van der Waals surface area contributed by atoms with Crippen molar-refractivity contribution >= 4 is 32.5 Å². The molecule has 228 valence electrons. The third-order valence-corrected chi connectivity index (χ3v) is 8.79. The highest BCUT2D eigenvalue weighted by Crippen LogP contribution is 2.29. The number of esters is 1. The van der Waals surface area contributed by atoms with Gasteiger partial charge in [0.05, 0.1) is 21.5 Å². The third kappa shape index (κ3) is 7.37. The molecule has 5 rings (SSSR count). The molecule has 0 atom stereocenters. The van der Waals surface area contributed by atoms with E-state index in [-0.39, 0.29) is 16.7 Å². The van der Waals surface area contributed by atoms with Crippen molar-refractivity contribution in [1.29, 1.82) is 0 Å². The van der Waals surface area contributed by atoms with E-state index in [1.54, 1.807) is 30.3 Å². The number of nitrogens with one attached hydrogen (secondary N) is 1. The van der Waals surface area contributed by atoms with E-state index in [9.17, 15) is 13.2 Å². The fourth-order valence-corrected chi connectivity index (χ4v) is 6.21. The minimum absolute atomic E-state index is 0.223. The van der Waals surface area contributed by atoms with Gasteiger partial charge in [0.1, 0.15) is 17.3 Å². The Hall–Kier alpha value is -4.43. The number of ether oxygens (including phenoxy) is 1. The maximum Gasteiger partial charge on any atom is 0.339 e. The van der Waals surface area contributed by atoms with Gasteiger partial charge in [-0.05, 0) is 80.3 Å². The lowest BCUT2D eigenvalue weighted by Gasteiger charge is -2.21. The Balaban J connectivity index is 1.51. The minimum Gasteiger partial charge on any atom is -0.456 e. The van der Waals surface area contributed by atoms with E-state index in [2.05, 4.69) is 16.8 Å². The molecule has 0 aliphatic heterocycles. The van der Waals surface area contributed by atoms with Crippen LogP contribution < -0.4 is 5.32 Å². The third-order valence-electron chi connectivity index (χ3n) is 7.28. The average molecular weight is 610 g/mol. The van der Waals surface area contributed by atoms with Crippen LogP contribution in [0.1, 0.15) is 62.3 Å². The summed E-state index contributed by atoms with van der Waals surface area (Å²) in [5.41, 5.74) is 4.99. The molecule has 0 radical (unpaired) electrons. The van der Waals surface area contributed by atoms with Crippen LogP contribution >= 0.6 is 0 Å². The summed E-state index contributed by atoms with van der Waals surface area (Å²) in [4.78, 5) is 18.6. The topological polar surface area (TPSA) is 90.3 Å². The first-order valence-corrected chi connectivity index (χ1v) is 16.6.